The maximum absolute atomic E-state index is 12.3. The molecule has 1 aromatic carbocycles. The molecule has 1 fully saturated rings. The molecule has 1 aliphatic heterocycles. The summed E-state index contributed by atoms with van der Waals surface area (Å²) in [5, 5.41) is 13.6. The van der Waals surface area contributed by atoms with E-state index in [0.29, 0.717) is 29.4 Å². The SMILES string of the molecule is COc1ccccc1C(=O)Nc1ccc(NC2CCS(=O)(=O)C2)nn1. The standard InChI is InChI=1S/C16H18N4O4S/c1-24-13-5-3-2-4-12(13)16(21)18-15-7-6-14(19-20-15)17-11-8-9-25(22,23)10-11/h2-7,11H,8-10H2,1H3,(H,17,19)(H,18,20,21). The van der Waals surface area contributed by atoms with Gasteiger partial charge in [-0.25, -0.2) is 8.42 Å². The van der Waals surface area contributed by atoms with E-state index in [-0.39, 0.29) is 23.5 Å². The van der Waals surface area contributed by atoms with Crippen molar-refractivity contribution in [3.63, 3.8) is 0 Å². The fraction of sp³-hybridized carbons (Fsp3) is 0.312. The quantitative estimate of drug-likeness (QED) is 0.826. The number of aromatic nitrogens is 2. The molecule has 1 amide bonds. The first kappa shape index (κ1) is 17.2. The van der Waals surface area contributed by atoms with Crippen molar-refractivity contribution in [2.24, 2.45) is 0 Å². The number of nitrogens with one attached hydrogen (secondary N) is 2. The number of ether oxygens (including phenoxy) is 1. The first-order valence-electron chi connectivity index (χ1n) is 7.72. The van der Waals surface area contributed by atoms with E-state index in [1.165, 1.54) is 7.11 Å². The Balaban J connectivity index is 1.64. The van der Waals surface area contributed by atoms with Gasteiger partial charge in [0.1, 0.15) is 11.6 Å². The second kappa shape index (κ2) is 7.06. The van der Waals surface area contributed by atoms with E-state index >= 15 is 0 Å². The van der Waals surface area contributed by atoms with Gasteiger partial charge < -0.3 is 15.4 Å². The lowest BCUT2D eigenvalue weighted by Gasteiger charge is -2.11. The summed E-state index contributed by atoms with van der Waals surface area (Å²) in [6.45, 7) is 0. The number of rotatable bonds is 5. The fourth-order valence-electron chi connectivity index (χ4n) is 2.61. The molecule has 1 aliphatic rings. The third kappa shape index (κ3) is 4.24. The van der Waals surface area contributed by atoms with Crippen LogP contribution in [0.2, 0.25) is 0 Å². The summed E-state index contributed by atoms with van der Waals surface area (Å²) in [7, 11) is -1.46. The number of hydrogen-bond acceptors (Lipinski definition) is 7. The Kier molecular flexibility index (Phi) is 4.84. The molecule has 0 saturated carbocycles. The van der Waals surface area contributed by atoms with Crippen molar-refractivity contribution in [3.05, 3.63) is 42.0 Å². The van der Waals surface area contributed by atoms with Gasteiger partial charge in [-0.15, -0.1) is 10.2 Å². The highest BCUT2D eigenvalue weighted by Crippen LogP contribution is 2.19. The summed E-state index contributed by atoms with van der Waals surface area (Å²) in [4.78, 5) is 12.3. The molecule has 1 aromatic heterocycles. The van der Waals surface area contributed by atoms with Crippen LogP contribution in [0.1, 0.15) is 16.8 Å². The number of hydrogen-bond donors (Lipinski definition) is 2. The number of benzene rings is 1. The number of carbonyl (C=O) groups excluding carboxylic acids is 1. The van der Waals surface area contributed by atoms with Crippen LogP contribution in [0.15, 0.2) is 36.4 Å². The van der Waals surface area contributed by atoms with Gasteiger partial charge in [-0.1, -0.05) is 12.1 Å². The van der Waals surface area contributed by atoms with Crippen LogP contribution in [0.25, 0.3) is 0 Å². The molecule has 132 valence electrons. The molecule has 2 N–H and O–H groups in total. The van der Waals surface area contributed by atoms with Crippen molar-refractivity contribution < 1.29 is 17.9 Å². The van der Waals surface area contributed by atoms with E-state index in [1.807, 2.05) is 0 Å². The number of carbonyl (C=O) groups is 1. The van der Waals surface area contributed by atoms with Gasteiger partial charge in [0, 0.05) is 6.04 Å². The first-order valence-corrected chi connectivity index (χ1v) is 9.54. The van der Waals surface area contributed by atoms with Crippen molar-refractivity contribution in [2.75, 3.05) is 29.2 Å². The van der Waals surface area contributed by atoms with Crippen LogP contribution in [0.3, 0.4) is 0 Å². The third-order valence-electron chi connectivity index (χ3n) is 3.84. The second-order valence-electron chi connectivity index (χ2n) is 5.70. The Bertz CT molecular complexity index is 868. The molecule has 2 aromatic rings. The van der Waals surface area contributed by atoms with Crippen LogP contribution in [-0.4, -0.2) is 49.2 Å². The lowest BCUT2D eigenvalue weighted by Crippen LogP contribution is -2.21. The molecular formula is C16H18N4O4S. The van der Waals surface area contributed by atoms with Crippen LogP contribution in [0.5, 0.6) is 5.75 Å². The van der Waals surface area contributed by atoms with E-state index in [1.54, 1.807) is 36.4 Å². The normalized spacial score (nSPS) is 18.5. The lowest BCUT2D eigenvalue weighted by atomic mass is 10.2. The van der Waals surface area contributed by atoms with Gasteiger partial charge in [0.2, 0.25) is 0 Å². The van der Waals surface area contributed by atoms with Crippen LogP contribution in [0, 0.1) is 0 Å². The van der Waals surface area contributed by atoms with Crippen LogP contribution in [0.4, 0.5) is 11.6 Å². The Morgan fingerprint density at radius 1 is 1.16 bits per heavy atom. The number of nitrogens with zero attached hydrogens (tertiary/aromatic N) is 2. The monoisotopic (exact) mass is 362 g/mol. The first-order chi connectivity index (χ1) is 12.0. The van der Waals surface area contributed by atoms with Gasteiger partial charge in [-0.2, -0.15) is 0 Å². The molecule has 1 unspecified atom stereocenters. The summed E-state index contributed by atoms with van der Waals surface area (Å²) in [5.41, 5.74) is 0.394. The molecule has 8 nitrogen and oxygen atoms in total. The molecular weight excluding hydrogens is 344 g/mol. The van der Waals surface area contributed by atoms with Crippen molar-refractivity contribution in [3.8, 4) is 5.75 Å². The fourth-order valence-corrected chi connectivity index (χ4v) is 4.28. The number of amides is 1. The van der Waals surface area contributed by atoms with Gasteiger partial charge >= 0.3 is 0 Å². The number of anilines is 2. The maximum atomic E-state index is 12.3. The summed E-state index contributed by atoms with van der Waals surface area (Å²) in [5.74, 6) is 1.16. The predicted molar refractivity (Wildman–Crippen MR) is 93.7 cm³/mol. The minimum atomic E-state index is -2.96. The zero-order valence-corrected chi connectivity index (χ0v) is 14.4. The summed E-state index contributed by atoms with van der Waals surface area (Å²) in [6, 6.07) is 9.96. The Morgan fingerprint density at radius 2 is 1.88 bits per heavy atom. The van der Waals surface area contributed by atoms with Crippen LogP contribution >= 0.6 is 0 Å². The van der Waals surface area contributed by atoms with Gasteiger partial charge in [-0.05, 0) is 30.7 Å². The Hall–Kier alpha value is -2.68. The molecule has 0 spiro atoms. The molecule has 9 heteroatoms. The zero-order chi connectivity index (χ0) is 17.9. The molecule has 0 aliphatic carbocycles. The average Bonchev–Trinajstić information content (AvgIpc) is 2.95. The number of methoxy groups -OCH3 is 1. The number of sulfone groups is 1. The largest absolute Gasteiger partial charge is 0.496 e. The van der Waals surface area contributed by atoms with Gasteiger partial charge in [-0.3, -0.25) is 4.79 Å². The van der Waals surface area contributed by atoms with E-state index in [2.05, 4.69) is 20.8 Å². The second-order valence-corrected chi connectivity index (χ2v) is 7.93. The van der Waals surface area contributed by atoms with E-state index in [9.17, 15) is 13.2 Å². The summed E-state index contributed by atoms with van der Waals surface area (Å²) >= 11 is 0. The molecule has 3 rings (SSSR count). The minimum Gasteiger partial charge on any atom is -0.496 e. The highest BCUT2D eigenvalue weighted by Gasteiger charge is 2.27. The van der Waals surface area contributed by atoms with Crippen molar-refractivity contribution in [2.45, 2.75) is 12.5 Å². The highest BCUT2D eigenvalue weighted by atomic mass is 32.2. The van der Waals surface area contributed by atoms with Gasteiger partial charge in [0.25, 0.3) is 5.91 Å². The molecule has 25 heavy (non-hydrogen) atoms. The molecule has 1 atom stereocenters. The number of para-hydroxylation sites is 1. The van der Waals surface area contributed by atoms with Gasteiger partial charge in [0.05, 0.1) is 24.2 Å². The molecule has 2 heterocycles. The molecule has 0 bridgehead atoms. The molecule has 1 saturated heterocycles. The van der Waals surface area contributed by atoms with Gasteiger partial charge in [0.15, 0.2) is 15.7 Å². The topological polar surface area (TPSA) is 110 Å². The van der Waals surface area contributed by atoms with Crippen molar-refractivity contribution in [1.82, 2.24) is 10.2 Å². The minimum absolute atomic E-state index is 0.0982. The van der Waals surface area contributed by atoms with Crippen LogP contribution < -0.4 is 15.4 Å². The predicted octanol–water partition coefficient (Wildman–Crippen LogP) is 1.34. The third-order valence-corrected chi connectivity index (χ3v) is 5.61. The summed E-state index contributed by atoms with van der Waals surface area (Å²) < 4.78 is 28.1. The maximum Gasteiger partial charge on any atom is 0.260 e. The highest BCUT2D eigenvalue weighted by molar-refractivity contribution is 7.91. The van der Waals surface area contributed by atoms with Crippen molar-refractivity contribution in [1.29, 1.82) is 0 Å². The summed E-state index contributed by atoms with van der Waals surface area (Å²) in [6.07, 6.45) is 0.552. The van der Waals surface area contributed by atoms with Crippen molar-refractivity contribution >= 4 is 27.4 Å². The Morgan fingerprint density at radius 3 is 2.52 bits per heavy atom. The zero-order valence-electron chi connectivity index (χ0n) is 13.6. The average molecular weight is 362 g/mol. The smallest absolute Gasteiger partial charge is 0.260 e. The van der Waals surface area contributed by atoms with E-state index < -0.39 is 9.84 Å². The van der Waals surface area contributed by atoms with E-state index in [4.69, 9.17) is 4.74 Å². The van der Waals surface area contributed by atoms with Crippen LogP contribution in [-0.2, 0) is 9.84 Å². The Labute approximate surface area is 145 Å². The van der Waals surface area contributed by atoms with E-state index in [0.717, 1.165) is 0 Å². The molecule has 0 radical (unpaired) electrons. The lowest BCUT2D eigenvalue weighted by molar-refractivity contribution is 0.102.